The number of alkyl halides is 3. The molecule has 0 saturated heterocycles. The number of halogens is 3. The van der Waals surface area contributed by atoms with Crippen molar-refractivity contribution in [2.45, 2.75) is 26.2 Å². The molecule has 0 unspecified atom stereocenters. The van der Waals surface area contributed by atoms with Crippen LogP contribution >= 0.6 is 0 Å². The lowest BCUT2D eigenvalue weighted by Crippen LogP contribution is -2.28. The normalized spacial score (nSPS) is 12.0. The Morgan fingerprint density at radius 3 is 2.71 bits per heavy atom. The number of nitrogens with one attached hydrogen (secondary N) is 1. The minimum atomic E-state index is -4.15. The molecule has 1 aromatic heterocycles. The zero-order chi connectivity index (χ0) is 10.6. The molecule has 0 spiro atoms. The second-order valence-electron chi connectivity index (χ2n) is 2.92. The summed E-state index contributed by atoms with van der Waals surface area (Å²) in [7, 11) is 0. The van der Waals surface area contributed by atoms with E-state index in [-0.39, 0.29) is 6.54 Å². The quantitative estimate of drug-likeness (QED) is 0.811. The van der Waals surface area contributed by atoms with Crippen LogP contribution in [0.1, 0.15) is 12.5 Å². The van der Waals surface area contributed by atoms with E-state index in [4.69, 9.17) is 0 Å². The average Bonchev–Trinajstić information content (AvgIpc) is 2.50. The topological polar surface area (TPSA) is 29.9 Å². The van der Waals surface area contributed by atoms with Gasteiger partial charge in [-0.05, 0) is 6.92 Å². The third-order valence-electron chi connectivity index (χ3n) is 1.67. The Bertz CT molecular complexity index is 280. The molecule has 0 aliphatic rings. The second kappa shape index (κ2) is 4.45. The summed E-state index contributed by atoms with van der Waals surface area (Å²) in [5.41, 5.74) is 0.760. The molecule has 0 fully saturated rings. The molecule has 1 N–H and O–H groups in total. The number of hydrogen-bond donors (Lipinski definition) is 1. The molecule has 1 heterocycles. The van der Waals surface area contributed by atoms with Crippen molar-refractivity contribution in [1.29, 1.82) is 0 Å². The SMILES string of the molecule is CCn1cc(CNCC(F)(F)F)cn1. The molecule has 1 aromatic rings. The van der Waals surface area contributed by atoms with Gasteiger partial charge in [-0.3, -0.25) is 4.68 Å². The van der Waals surface area contributed by atoms with Crippen molar-refractivity contribution in [3.05, 3.63) is 18.0 Å². The summed E-state index contributed by atoms with van der Waals surface area (Å²) in [6, 6.07) is 0. The zero-order valence-electron chi connectivity index (χ0n) is 7.80. The van der Waals surface area contributed by atoms with E-state index in [1.54, 1.807) is 17.1 Å². The highest BCUT2D eigenvalue weighted by Gasteiger charge is 2.26. The highest BCUT2D eigenvalue weighted by atomic mass is 19.4. The van der Waals surface area contributed by atoms with Gasteiger partial charge in [-0.15, -0.1) is 0 Å². The molecule has 80 valence electrons. The van der Waals surface area contributed by atoms with Gasteiger partial charge in [-0.2, -0.15) is 18.3 Å². The van der Waals surface area contributed by atoms with E-state index in [9.17, 15) is 13.2 Å². The molecule has 0 aromatic carbocycles. The van der Waals surface area contributed by atoms with E-state index in [0.717, 1.165) is 12.1 Å². The number of hydrogen-bond acceptors (Lipinski definition) is 2. The van der Waals surface area contributed by atoms with E-state index >= 15 is 0 Å². The third-order valence-corrected chi connectivity index (χ3v) is 1.67. The maximum atomic E-state index is 11.7. The third kappa shape index (κ3) is 3.78. The Hall–Kier alpha value is -1.04. The summed E-state index contributed by atoms with van der Waals surface area (Å²) in [4.78, 5) is 0. The van der Waals surface area contributed by atoms with E-state index in [1.807, 2.05) is 6.92 Å². The Morgan fingerprint density at radius 2 is 2.21 bits per heavy atom. The number of aryl methyl sites for hydroxylation is 1. The summed E-state index contributed by atoms with van der Waals surface area (Å²) in [6.45, 7) is 1.86. The van der Waals surface area contributed by atoms with Crippen LogP contribution in [-0.4, -0.2) is 22.5 Å². The predicted octanol–water partition coefficient (Wildman–Crippen LogP) is 1.55. The summed E-state index contributed by atoms with van der Waals surface area (Å²) < 4.78 is 36.9. The van der Waals surface area contributed by atoms with E-state index in [2.05, 4.69) is 10.4 Å². The second-order valence-corrected chi connectivity index (χ2v) is 2.92. The molecular formula is C8H12F3N3. The highest BCUT2D eigenvalue weighted by molar-refractivity contribution is 5.03. The Morgan fingerprint density at radius 1 is 1.50 bits per heavy atom. The molecule has 0 bridgehead atoms. The standard InChI is InChI=1S/C8H12F3N3/c1-2-14-5-7(4-13-14)3-12-6-8(9,10)11/h4-5,12H,2-3,6H2,1H3. The lowest BCUT2D eigenvalue weighted by atomic mass is 10.3. The minimum Gasteiger partial charge on any atom is -0.304 e. The van der Waals surface area contributed by atoms with E-state index in [0.29, 0.717) is 0 Å². The molecule has 3 nitrogen and oxygen atoms in total. The molecule has 0 radical (unpaired) electrons. The Labute approximate surface area is 79.9 Å². The van der Waals surface area contributed by atoms with E-state index in [1.165, 1.54) is 0 Å². The van der Waals surface area contributed by atoms with Crippen LogP contribution in [0.3, 0.4) is 0 Å². The fourth-order valence-electron chi connectivity index (χ4n) is 1.02. The van der Waals surface area contributed by atoms with Crippen LogP contribution in [0, 0.1) is 0 Å². The van der Waals surface area contributed by atoms with Crippen LogP contribution in [0.2, 0.25) is 0 Å². The number of aromatic nitrogens is 2. The number of nitrogens with zero attached hydrogens (tertiary/aromatic N) is 2. The first-order valence-electron chi connectivity index (χ1n) is 4.30. The minimum absolute atomic E-state index is 0.194. The maximum Gasteiger partial charge on any atom is 0.401 e. The van der Waals surface area contributed by atoms with Crippen LogP contribution in [0.5, 0.6) is 0 Å². The van der Waals surface area contributed by atoms with Crippen LogP contribution in [-0.2, 0) is 13.1 Å². The van der Waals surface area contributed by atoms with Crippen molar-refractivity contribution in [2.75, 3.05) is 6.54 Å². The van der Waals surface area contributed by atoms with Gasteiger partial charge in [0, 0.05) is 24.8 Å². The van der Waals surface area contributed by atoms with Gasteiger partial charge in [0.2, 0.25) is 0 Å². The monoisotopic (exact) mass is 207 g/mol. The van der Waals surface area contributed by atoms with Gasteiger partial charge in [-0.1, -0.05) is 0 Å². The summed E-state index contributed by atoms with van der Waals surface area (Å²) in [6.07, 6.45) is -0.864. The molecule has 6 heteroatoms. The van der Waals surface area contributed by atoms with Crippen LogP contribution < -0.4 is 5.32 Å². The van der Waals surface area contributed by atoms with Crippen molar-refractivity contribution in [3.8, 4) is 0 Å². The Kier molecular flexibility index (Phi) is 3.51. The van der Waals surface area contributed by atoms with Gasteiger partial charge in [-0.25, -0.2) is 0 Å². The first-order chi connectivity index (χ1) is 6.51. The van der Waals surface area contributed by atoms with Crippen molar-refractivity contribution >= 4 is 0 Å². The Balaban J connectivity index is 2.31. The van der Waals surface area contributed by atoms with Crippen LogP contribution in [0.4, 0.5) is 13.2 Å². The van der Waals surface area contributed by atoms with Crippen molar-refractivity contribution in [1.82, 2.24) is 15.1 Å². The summed E-state index contributed by atoms with van der Waals surface area (Å²) in [5.74, 6) is 0. The van der Waals surface area contributed by atoms with E-state index < -0.39 is 12.7 Å². The molecule has 0 aliphatic carbocycles. The van der Waals surface area contributed by atoms with Gasteiger partial charge in [0.25, 0.3) is 0 Å². The van der Waals surface area contributed by atoms with Crippen molar-refractivity contribution in [3.63, 3.8) is 0 Å². The molecule has 0 saturated carbocycles. The van der Waals surface area contributed by atoms with Gasteiger partial charge in [0.15, 0.2) is 0 Å². The highest BCUT2D eigenvalue weighted by Crippen LogP contribution is 2.12. The first kappa shape index (κ1) is 11.0. The smallest absolute Gasteiger partial charge is 0.304 e. The summed E-state index contributed by atoms with van der Waals surface area (Å²) >= 11 is 0. The van der Waals surface area contributed by atoms with Gasteiger partial charge >= 0.3 is 6.18 Å². The average molecular weight is 207 g/mol. The first-order valence-corrected chi connectivity index (χ1v) is 4.30. The lowest BCUT2D eigenvalue weighted by molar-refractivity contribution is -0.125. The fraction of sp³-hybridized carbons (Fsp3) is 0.625. The molecule has 14 heavy (non-hydrogen) atoms. The number of rotatable bonds is 4. The molecule has 0 atom stereocenters. The van der Waals surface area contributed by atoms with Gasteiger partial charge < -0.3 is 5.32 Å². The summed E-state index contributed by atoms with van der Waals surface area (Å²) in [5, 5.41) is 6.25. The van der Waals surface area contributed by atoms with Gasteiger partial charge in [0.05, 0.1) is 12.7 Å². The zero-order valence-corrected chi connectivity index (χ0v) is 7.80. The molecule has 1 rings (SSSR count). The van der Waals surface area contributed by atoms with Gasteiger partial charge in [0.1, 0.15) is 0 Å². The largest absolute Gasteiger partial charge is 0.401 e. The van der Waals surface area contributed by atoms with Crippen LogP contribution in [0.15, 0.2) is 12.4 Å². The van der Waals surface area contributed by atoms with Crippen molar-refractivity contribution in [2.24, 2.45) is 0 Å². The fourth-order valence-corrected chi connectivity index (χ4v) is 1.02. The molecule has 0 aliphatic heterocycles. The predicted molar refractivity (Wildman–Crippen MR) is 45.7 cm³/mol. The van der Waals surface area contributed by atoms with Crippen molar-refractivity contribution < 1.29 is 13.2 Å². The maximum absolute atomic E-state index is 11.7. The lowest BCUT2D eigenvalue weighted by Gasteiger charge is -2.06. The molecule has 0 amide bonds. The molecular weight excluding hydrogens is 195 g/mol. The van der Waals surface area contributed by atoms with Crippen LogP contribution in [0.25, 0.3) is 0 Å².